The lowest BCUT2D eigenvalue weighted by atomic mass is 10.2. The normalized spacial score (nSPS) is 10.3. The van der Waals surface area contributed by atoms with E-state index in [1.54, 1.807) is 30.5 Å². The van der Waals surface area contributed by atoms with Crippen LogP contribution in [0.4, 0.5) is 4.39 Å². The van der Waals surface area contributed by atoms with E-state index in [4.69, 9.17) is 10.5 Å². The summed E-state index contributed by atoms with van der Waals surface area (Å²) in [6.45, 7) is 2.13. The molecule has 3 nitrogen and oxygen atoms in total. The average Bonchev–Trinajstić information content (AvgIpc) is 2.34. The standard InChI is InChI=1S/C13H13FN2O/c1-9-4-5-10(14)13(7-9)17-12-3-2-6-16-11(12)8-15/h2-7H,8,15H2,1H3. The van der Waals surface area contributed by atoms with Crippen molar-refractivity contribution >= 4 is 0 Å². The fourth-order valence-corrected chi connectivity index (χ4v) is 1.48. The van der Waals surface area contributed by atoms with Gasteiger partial charge in [-0.1, -0.05) is 6.07 Å². The molecular formula is C13H13FN2O. The average molecular weight is 232 g/mol. The molecule has 0 atom stereocenters. The number of aromatic nitrogens is 1. The minimum Gasteiger partial charge on any atom is -0.452 e. The third-order valence-electron chi connectivity index (χ3n) is 2.35. The van der Waals surface area contributed by atoms with E-state index in [0.29, 0.717) is 11.4 Å². The molecule has 0 unspecified atom stereocenters. The van der Waals surface area contributed by atoms with E-state index >= 15 is 0 Å². The number of ether oxygens (including phenoxy) is 1. The van der Waals surface area contributed by atoms with Crippen LogP contribution in [0.25, 0.3) is 0 Å². The third kappa shape index (κ3) is 2.60. The Balaban J connectivity index is 2.34. The van der Waals surface area contributed by atoms with E-state index in [-0.39, 0.29) is 12.3 Å². The Morgan fingerprint density at radius 2 is 2.12 bits per heavy atom. The molecule has 0 radical (unpaired) electrons. The smallest absolute Gasteiger partial charge is 0.165 e. The van der Waals surface area contributed by atoms with Crippen LogP contribution in [-0.4, -0.2) is 4.98 Å². The Labute approximate surface area is 99.1 Å². The van der Waals surface area contributed by atoms with Gasteiger partial charge in [-0.2, -0.15) is 0 Å². The van der Waals surface area contributed by atoms with Crippen LogP contribution in [0.15, 0.2) is 36.5 Å². The first-order valence-corrected chi connectivity index (χ1v) is 5.28. The molecule has 1 heterocycles. The maximum Gasteiger partial charge on any atom is 0.165 e. The fraction of sp³-hybridized carbons (Fsp3) is 0.154. The summed E-state index contributed by atoms with van der Waals surface area (Å²) in [5.74, 6) is 0.273. The van der Waals surface area contributed by atoms with Gasteiger partial charge >= 0.3 is 0 Å². The minimum absolute atomic E-state index is 0.188. The van der Waals surface area contributed by atoms with Crippen LogP contribution in [0.1, 0.15) is 11.3 Å². The summed E-state index contributed by atoms with van der Waals surface area (Å²) in [6.07, 6.45) is 1.63. The van der Waals surface area contributed by atoms with Gasteiger partial charge in [0.15, 0.2) is 11.6 Å². The first-order chi connectivity index (χ1) is 8.20. The Kier molecular flexibility index (Phi) is 3.35. The van der Waals surface area contributed by atoms with Crippen molar-refractivity contribution in [2.45, 2.75) is 13.5 Å². The van der Waals surface area contributed by atoms with Crippen molar-refractivity contribution < 1.29 is 9.13 Å². The predicted octanol–water partition coefficient (Wildman–Crippen LogP) is 2.78. The molecule has 0 saturated carbocycles. The molecule has 0 bridgehead atoms. The largest absolute Gasteiger partial charge is 0.452 e. The van der Waals surface area contributed by atoms with Crippen molar-refractivity contribution in [2.75, 3.05) is 0 Å². The first kappa shape index (κ1) is 11.5. The number of benzene rings is 1. The molecule has 2 rings (SSSR count). The zero-order valence-corrected chi connectivity index (χ0v) is 9.48. The number of aryl methyl sites for hydroxylation is 1. The molecule has 0 fully saturated rings. The van der Waals surface area contributed by atoms with Gasteiger partial charge in [0, 0.05) is 12.7 Å². The van der Waals surface area contributed by atoms with E-state index in [1.807, 2.05) is 6.92 Å². The summed E-state index contributed by atoms with van der Waals surface area (Å²) in [6, 6.07) is 8.15. The molecule has 4 heteroatoms. The summed E-state index contributed by atoms with van der Waals surface area (Å²) in [7, 11) is 0. The van der Waals surface area contributed by atoms with Crippen molar-refractivity contribution in [2.24, 2.45) is 5.73 Å². The lowest BCUT2D eigenvalue weighted by Crippen LogP contribution is -2.02. The SMILES string of the molecule is Cc1ccc(F)c(Oc2cccnc2CN)c1. The van der Waals surface area contributed by atoms with Crippen LogP contribution in [0, 0.1) is 12.7 Å². The fourth-order valence-electron chi connectivity index (χ4n) is 1.48. The summed E-state index contributed by atoms with van der Waals surface area (Å²) in [4.78, 5) is 4.07. The Bertz CT molecular complexity index is 529. The van der Waals surface area contributed by atoms with Crippen molar-refractivity contribution in [3.63, 3.8) is 0 Å². The highest BCUT2D eigenvalue weighted by Gasteiger charge is 2.08. The number of halogens is 1. The summed E-state index contributed by atoms with van der Waals surface area (Å²) in [5, 5.41) is 0. The van der Waals surface area contributed by atoms with Crippen molar-refractivity contribution in [3.05, 3.63) is 53.6 Å². The van der Waals surface area contributed by atoms with E-state index in [0.717, 1.165) is 5.56 Å². The molecule has 0 aliphatic rings. The maximum absolute atomic E-state index is 13.5. The highest BCUT2D eigenvalue weighted by molar-refractivity contribution is 5.36. The molecular weight excluding hydrogens is 219 g/mol. The third-order valence-corrected chi connectivity index (χ3v) is 2.35. The lowest BCUT2D eigenvalue weighted by molar-refractivity contribution is 0.435. The summed E-state index contributed by atoms with van der Waals surface area (Å²) >= 11 is 0. The van der Waals surface area contributed by atoms with Gasteiger partial charge in [-0.05, 0) is 36.8 Å². The number of rotatable bonds is 3. The topological polar surface area (TPSA) is 48.1 Å². The van der Waals surface area contributed by atoms with Crippen LogP contribution < -0.4 is 10.5 Å². The highest BCUT2D eigenvalue weighted by atomic mass is 19.1. The van der Waals surface area contributed by atoms with E-state index < -0.39 is 5.82 Å². The van der Waals surface area contributed by atoms with Gasteiger partial charge in [-0.3, -0.25) is 4.98 Å². The second kappa shape index (κ2) is 4.93. The lowest BCUT2D eigenvalue weighted by Gasteiger charge is -2.10. The molecule has 1 aromatic heterocycles. The Hall–Kier alpha value is -1.94. The van der Waals surface area contributed by atoms with Gasteiger partial charge in [0.05, 0.1) is 5.69 Å². The quantitative estimate of drug-likeness (QED) is 0.885. The van der Waals surface area contributed by atoms with Gasteiger partial charge in [-0.15, -0.1) is 0 Å². The van der Waals surface area contributed by atoms with Crippen molar-refractivity contribution in [1.29, 1.82) is 0 Å². The van der Waals surface area contributed by atoms with Gasteiger partial charge < -0.3 is 10.5 Å². The molecule has 2 N–H and O–H groups in total. The summed E-state index contributed by atoms with van der Waals surface area (Å²) in [5.41, 5.74) is 7.07. The molecule has 0 spiro atoms. The minimum atomic E-state index is -0.401. The van der Waals surface area contributed by atoms with Crippen LogP contribution in [0.5, 0.6) is 11.5 Å². The predicted molar refractivity (Wildman–Crippen MR) is 63.3 cm³/mol. The van der Waals surface area contributed by atoms with Crippen LogP contribution in [0.3, 0.4) is 0 Å². The maximum atomic E-state index is 13.5. The molecule has 0 aliphatic heterocycles. The highest BCUT2D eigenvalue weighted by Crippen LogP contribution is 2.26. The number of nitrogens with two attached hydrogens (primary N) is 1. The number of hydrogen-bond acceptors (Lipinski definition) is 3. The van der Waals surface area contributed by atoms with Crippen LogP contribution >= 0.6 is 0 Å². The van der Waals surface area contributed by atoms with Gasteiger partial charge in [0.25, 0.3) is 0 Å². The Morgan fingerprint density at radius 3 is 2.88 bits per heavy atom. The zero-order valence-electron chi connectivity index (χ0n) is 9.48. The second-order valence-corrected chi connectivity index (χ2v) is 3.69. The number of nitrogens with zero attached hydrogens (tertiary/aromatic N) is 1. The molecule has 1 aromatic carbocycles. The van der Waals surface area contributed by atoms with Gasteiger partial charge in [0.1, 0.15) is 5.75 Å². The summed E-state index contributed by atoms with van der Waals surface area (Å²) < 4.78 is 19.0. The Morgan fingerprint density at radius 1 is 1.29 bits per heavy atom. The first-order valence-electron chi connectivity index (χ1n) is 5.28. The van der Waals surface area contributed by atoms with E-state index in [9.17, 15) is 4.39 Å². The molecule has 88 valence electrons. The monoisotopic (exact) mass is 232 g/mol. The molecule has 0 amide bonds. The molecule has 2 aromatic rings. The number of pyridine rings is 1. The van der Waals surface area contributed by atoms with Crippen molar-refractivity contribution in [3.8, 4) is 11.5 Å². The second-order valence-electron chi connectivity index (χ2n) is 3.69. The van der Waals surface area contributed by atoms with Gasteiger partial charge in [0.2, 0.25) is 0 Å². The molecule has 17 heavy (non-hydrogen) atoms. The van der Waals surface area contributed by atoms with E-state index in [1.165, 1.54) is 6.07 Å². The molecule has 0 saturated heterocycles. The van der Waals surface area contributed by atoms with Crippen LogP contribution in [0.2, 0.25) is 0 Å². The van der Waals surface area contributed by atoms with Gasteiger partial charge in [-0.25, -0.2) is 4.39 Å². The van der Waals surface area contributed by atoms with Crippen molar-refractivity contribution in [1.82, 2.24) is 4.98 Å². The molecule has 0 aliphatic carbocycles. The number of hydrogen-bond donors (Lipinski definition) is 1. The van der Waals surface area contributed by atoms with Crippen LogP contribution in [-0.2, 0) is 6.54 Å². The zero-order chi connectivity index (χ0) is 12.3. The van der Waals surface area contributed by atoms with E-state index in [2.05, 4.69) is 4.98 Å².